The molecule has 178 valence electrons. The van der Waals surface area contributed by atoms with Crippen molar-refractivity contribution in [2.24, 2.45) is 11.8 Å². The van der Waals surface area contributed by atoms with Crippen molar-refractivity contribution in [1.82, 2.24) is 4.31 Å². The van der Waals surface area contributed by atoms with Gasteiger partial charge in [-0.15, -0.1) is 0 Å². The lowest BCUT2D eigenvalue weighted by Gasteiger charge is -2.34. The van der Waals surface area contributed by atoms with E-state index in [4.69, 9.17) is 4.74 Å². The van der Waals surface area contributed by atoms with Crippen LogP contribution in [0.25, 0.3) is 0 Å². The second kappa shape index (κ2) is 9.98. The molecule has 1 saturated heterocycles. The lowest BCUT2D eigenvalue weighted by molar-refractivity contribution is -0.380. The molecule has 0 saturated carbocycles. The van der Waals surface area contributed by atoms with E-state index in [-0.39, 0.29) is 44.5 Å². The molecule has 0 aliphatic carbocycles. The van der Waals surface area contributed by atoms with E-state index in [2.05, 4.69) is 5.32 Å². The Morgan fingerprint density at radius 3 is 2.36 bits per heavy atom. The predicted octanol–water partition coefficient (Wildman–Crippen LogP) is 3.75. The number of esters is 1. The highest BCUT2D eigenvalue weighted by Gasteiger charge is 2.32. The number of hydrogen-bond acceptors (Lipinski definition) is 8. The molecule has 3 rings (SSSR count). The number of benzene rings is 1. The Labute approximate surface area is 195 Å². The second-order valence-corrected chi connectivity index (χ2v) is 11.0. The highest BCUT2D eigenvalue weighted by molar-refractivity contribution is 7.89. The fourth-order valence-corrected chi connectivity index (χ4v) is 6.36. The van der Waals surface area contributed by atoms with E-state index in [0.717, 1.165) is 12.5 Å². The quantitative estimate of drug-likeness (QED) is 0.351. The molecule has 2 heterocycles. The van der Waals surface area contributed by atoms with Crippen molar-refractivity contribution in [3.05, 3.63) is 51.6 Å². The van der Waals surface area contributed by atoms with Gasteiger partial charge in [0.25, 0.3) is 5.91 Å². The second-order valence-electron chi connectivity index (χ2n) is 8.05. The summed E-state index contributed by atoms with van der Waals surface area (Å²) in [6.07, 6.45) is 0.972. The summed E-state index contributed by atoms with van der Waals surface area (Å²) < 4.78 is 32.4. The van der Waals surface area contributed by atoms with Crippen LogP contribution >= 0.6 is 11.3 Å². The minimum Gasteiger partial charge on any atom is -0.462 e. The van der Waals surface area contributed by atoms with Crippen LogP contribution < -0.4 is 5.32 Å². The number of ether oxygens (including phenoxy) is 1. The standard InChI is InChI=1S/C21H25N3O7S2/c1-4-31-21(26)17-10-18(24(27)28)32-20(17)22-19(25)15-5-7-16(8-6-15)33(29,30)23-11-13(2)9-14(3)12-23/h5-8,10,13-14H,4,9,11-12H2,1-3H3,(H,22,25)/t13-,14-/m0/s1. The van der Waals surface area contributed by atoms with Crippen LogP contribution in [0.4, 0.5) is 10.0 Å². The highest BCUT2D eigenvalue weighted by Crippen LogP contribution is 2.34. The molecule has 1 aromatic carbocycles. The number of amides is 1. The van der Waals surface area contributed by atoms with Gasteiger partial charge in [0.15, 0.2) is 0 Å². The maximum atomic E-state index is 13.0. The largest absolute Gasteiger partial charge is 0.462 e. The first kappa shape index (κ1) is 24.8. The first-order valence-corrected chi connectivity index (χ1v) is 12.7. The van der Waals surface area contributed by atoms with Crippen molar-refractivity contribution in [1.29, 1.82) is 0 Å². The number of piperidine rings is 1. The molecular formula is C21H25N3O7S2. The van der Waals surface area contributed by atoms with Crippen LogP contribution in [0, 0.1) is 22.0 Å². The van der Waals surface area contributed by atoms with Crippen LogP contribution in [0.5, 0.6) is 0 Å². The molecular weight excluding hydrogens is 470 g/mol. The van der Waals surface area contributed by atoms with Gasteiger partial charge in [-0.05, 0) is 60.8 Å². The molecule has 1 fully saturated rings. The first-order valence-electron chi connectivity index (χ1n) is 10.4. The summed E-state index contributed by atoms with van der Waals surface area (Å²) in [5, 5.41) is 13.2. The molecule has 1 aliphatic rings. The topological polar surface area (TPSA) is 136 Å². The fraction of sp³-hybridized carbons (Fsp3) is 0.429. The van der Waals surface area contributed by atoms with Gasteiger partial charge in [-0.3, -0.25) is 14.9 Å². The van der Waals surface area contributed by atoms with Crippen LogP contribution in [0.3, 0.4) is 0 Å². The molecule has 0 unspecified atom stereocenters. The molecule has 2 aromatic rings. The van der Waals surface area contributed by atoms with Crippen molar-refractivity contribution in [3.63, 3.8) is 0 Å². The maximum Gasteiger partial charge on any atom is 0.341 e. The molecule has 1 N–H and O–H groups in total. The number of carbonyl (C=O) groups is 2. The normalized spacial score (nSPS) is 19.1. The molecule has 2 atom stereocenters. The molecule has 0 radical (unpaired) electrons. The van der Waals surface area contributed by atoms with Crippen LogP contribution in [-0.2, 0) is 14.8 Å². The molecule has 1 amide bonds. The zero-order chi connectivity index (χ0) is 24.3. The number of anilines is 1. The summed E-state index contributed by atoms with van der Waals surface area (Å²) in [7, 11) is -3.69. The monoisotopic (exact) mass is 495 g/mol. The minimum atomic E-state index is -3.69. The Morgan fingerprint density at radius 1 is 1.21 bits per heavy atom. The zero-order valence-corrected chi connectivity index (χ0v) is 20.1. The summed E-state index contributed by atoms with van der Waals surface area (Å²) >= 11 is 0.637. The third kappa shape index (κ3) is 5.57. The SMILES string of the molecule is CCOC(=O)c1cc([N+](=O)[O-])sc1NC(=O)c1ccc(S(=O)(=O)N2C[C@@H](C)C[C@H](C)C2)cc1. The van der Waals surface area contributed by atoms with Gasteiger partial charge in [0.2, 0.25) is 10.0 Å². The van der Waals surface area contributed by atoms with Gasteiger partial charge >= 0.3 is 11.0 Å². The van der Waals surface area contributed by atoms with Gasteiger partial charge in [-0.2, -0.15) is 4.31 Å². The number of carbonyl (C=O) groups excluding carboxylic acids is 2. The summed E-state index contributed by atoms with van der Waals surface area (Å²) in [4.78, 5) is 35.3. The molecule has 10 nitrogen and oxygen atoms in total. The van der Waals surface area contributed by atoms with E-state index in [1.165, 1.54) is 28.6 Å². The zero-order valence-electron chi connectivity index (χ0n) is 18.4. The van der Waals surface area contributed by atoms with E-state index in [1.807, 2.05) is 13.8 Å². The van der Waals surface area contributed by atoms with Crippen molar-refractivity contribution < 1.29 is 27.7 Å². The molecule has 0 spiro atoms. The van der Waals surface area contributed by atoms with E-state index >= 15 is 0 Å². The number of nitrogens with zero attached hydrogens (tertiary/aromatic N) is 2. The summed E-state index contributed by atoms with van der Waals surface area (Å²) in [6, 6.07) is 6.50. The van der Waals surface area contributed by atoms with Crippen LogP contribution in [0.15, 0.2) is 35.2 Å². The summed E-state index contributed by atoms with van der Waals surface area (Å²) in [6.45, 7) is 6.60. The molecule has 0 bridgehead atoms. The average molecular weight is 496 g/mol. The smallest absolute Gasteiger partial charge is 0.341 e. The average Bonchev–Trinajstić information content (AvgIpc) is 3.17. The van der Waals surface area contributed by atoms with E-state index in [1.54, 1.807) is 6.92 Å². The number of rotatable bonds is 7. The van der Waals surface area contributed by atoms with E-state index < -0.39 is 26.8 Å². The maximum absolute atomic E-state index is 13.0. The Bertz CT molecular complexity index is 1150. The van der Waals surface area contributed by atoms with Gasteiger partial charge in [0, 0.05) is 24.7 Å². The van der Waals surface area contributed by atoms with Crippen LogP contribution in [0.2, 0.25) is 0 Å². The van der Waals surface area contributed by atoms with E-state index in [9.17, 15) is 28.1 Å². The number of sulfonamides is 1. The van der Waals surface area contributed by atoms with Crippen molar-refractivity contribution >= 4 is 43.2 Å². The Morgan fingerprint density at radius 2 is 1.82 bits per heavy atom. The lowest BCUT2D eigenvalue weighted by Crippen LogP contribution is -2.42. The van der Waals surface area contributed by atoms with Crippen molar-refractivity contribution in [2.75, 3.05) is 25.0 Å². The van der Waals surface area contributed by atoms with E-state index in [0.29, 0.717) is 24.4 Å². The highest BCUT2D eigenvalue weighted by atomic mass is 32.2. The number of nitrogens with one attached hydrogen (secondary N) is 1. The Hall–Kier alpha value is -2.83. The number of thiophene rings is 1. The van der Waals surface area contributed by atoms with Gasteiger partial charge in [0.05, 0.1) is 16.4 Å². The Kier molecular flexibility index (Phi) is 7.50. The minimum absolute atomic E-state index is 0.0156. The molecule has 12 heteroatoms. The number of hydrogen-bond donors (Lipinski definition) is 1. The lowest BCUT2D eigenvalue weighted by atomic mass is 9.94. The van der Waals surface area contributed by atoms with Crippen molar-refractivity contribution in [2.45, 2.75) is 32.1 Å². The third-order valence-corrected chi connectivity index (χ3v) is 8.06. The first-order chi connectivity index (χ1) is 15.5. The van der Waals surface area contributed by atoms with Crippen molar-refractivity contribution in [3.8, 4) is 0 Å². The van der Waals surface area contributed by atoms with Gasteiger partial charge < -0.3 is 10.1 Å². The number of nitro groups is 1. The predicted molar refractivity (Wildman–Crippen MR) is 123 cm³/mol. The van der Waals surface area contributed by atoms with Crippen LogP contribution in [0.1, 0.15) is 47.9 Å². The summed E-state index contributed by atoms with van der Waals surface area (Å²) in [5.74, 6) is -0.904. The fourth-order valence-electron chi connectivity index (χ4n) is 3.83. The summed E-state index contributed by atoms with van der Waals surface area (Å²) in [5.41, 5.74) is 0.0228. The van der Waals surface area contributed by atoms with Gasteiger partial charge in [-0.1, -0.05) is 13.8 Å². The molecule has 33 heavy (non-hydrogen) atoms. The van der Waals surface area contributed by atoms with Gasteiger partial charge in [-0.25, -0.2) is 13.2 Å². The van der Waals surface area contributed by atoms with Gasteiger partial charge in [0.1, 0.15) is 10.6 Å². The van der Waals surface area contributed by atoms with Crippen LogP contribution in [-0.4, -0.2) is 49.2 Å². The molecule has 1 aromatic heterocycles. The Balaban J connectivity index is 1.80. The molecule has 1 aliphatic heterocycles. The third-order valence-electron chi connectivity index (χ3n) is 5.21.